The quantitative estimate of drug-likeness (QED) is 0.927. The van der Waals surface area contributed by atoms with Crippen molar-refractivity contribution >= 4 is 5.91 Å². The van der Waals surface area contributed by atoms with Crippen molar-refractivity contribution in [2.75, 3.05) is 26.2 Å². The first kappa shape index (κ1) is 14.4. The number of fused-ring (bicyclic) bond motifs is 1. The van der Waals surface area contributed by atoms with Gasteiger partial charge in [-0.15, -0.1) is 0 Å². The molecular formula is C17H24N2O2. The largest absolute Gasteiger partial charge is 0.491 e. The first-order chi connectivity index (χ1) is 10.3. The Morgan fingerprint density at radius 1 is 1.29 bits per heavy atom. The fourth-order valence-corrected chi connectivity index (χ4v) is 3.19. The van der Waals surface area contributed by atoms with E-state index in [0.29, 0.717) is 32.0 Å². The summed E-state index contributed by atoms with van der Waals surface area (Å²) in [6.07, 6.45) is 4.12. The third-order valence-electron chi connectivity index (χ3n) is 4.53. The van der Waals surface area contributed by atoms with E-state index in [0.717, 1.165) is 30.8 Å². The van der Waals surface area contributed by atoms with Crippen LogP contribution >= 0.6 is 0 Å². The van der Waals surface area contributed by atoms with E-state index in [1.165, 1.54) is 12.8 Å². The second kappa shape index (κ2) is 6.94. The van der Waals surface area contributed by atoms with Crippen LogP contribution in [0.3, 0.4) is 0 Å². The molecule has 0 saturated carbocycles. The fraction of sp³-hybridized carbons (Fsp3) is 0.588. The topological polar surface area (TPSA) is 41.6 Å². The number of hydrogen-bond acceptors (Lipinski definition) is 3. The van der Waals surface area contributed by atoms with Gasteiger partial charge in [0, 0.05) is 18.5 Å². The molecular weight excluding hydrogens is 264 g/mol. The Morgan fingerprint density at radius 2 is 2.10 bits per heavy atom. The zero-order valence-corrected chi connectivity index (χ0v) is 12.5. The molecule has 1 fully saturated rings. The van der Waals surface area contributed by atoms with Crippen LogP contribution in [0.15, 0.2) is 24.3 Å². The van der Waals surface area contributed by atoms with E-state index in [1.54, 1.807) is 0 Å². The van der Waals surface area contributed by atoms with Crippen molar-refractivity contribution in [2.45, 2.75) is 32.2 Å². The Labute approximate surface area is 126 Å². The zero-order valence-electron chi connectivity index (χ0n) is 12.5. The average molecular weight is 288 g/mol. The van der Waals surface area contributed by atoms with Crippen molar-refractivity contribution in [1.29, 1.82) is 0 Å². The predicted octanol–water partition coefficient (Wildman–Crippen LogP) is 2.19. The van der Waals surface area contributed by atoms with Crippen LogP contribution < -0.4 is 10.1 Å². The van der Waals surface area contributed by atoms with Gasteiger partial charge in [0.05, 0.1) is 6.54 Å². The number of amides is 1. The van der Waals surface area contributed by atoms with Gasteiger partial charge in [0.15, 0.2) is 0 Å². The predicted molar refractivity (Wildman–Crippen MR) is 82.2 cm³/mol. The maximum absolute atomic E-state index is 12.5. The molecule has 2 aliphatic heterocycles. The number of nitrogens with zero attached hydrogens (tertiary/aromatic N) is 1. The van der Waals surface area contributed by atoms with Crippen molar-refractivity contribution in [2.24, 2.45) is 5.92 Å². The first-order valence-electron chi connectivity index (χ1n) is 8.02. The molecule has 0 aromatic heterocycles. The van der Waals surface area contributed by atoms with E-state index >= 15 is 0 Å². The molecule has 0 bridgehead atoms. The molecule has 1 N–H and O–H groups in total. The van der Waals surface area contributed by atoms with Crippen LogP contribution in [0.5, 0.6) is 5.75 Å². The second-order valence-electron chi connectivity index (χ2n) is 6.00. The van der Waals surface area contributed by atoms with Gasteiger partial charge >= 0.3 is 0 Å². The van der Waals surface area contributed by atoms with Crippen molar-refractivity contribution < 1.29 is 9.53 Å². The Balaban J connectivity index is 1.55. The third kappa shape index (κ3) is 3.76. The minimum atomic E-state index is 0.272. The molecule has 0 atom stereocenters. The Bertz CT molecular complexity index is 483. The standard InChI is InChI=1S/C17H24N2O2/c20-17(6-5-14-7-9-18-10-8-14)19-11-12-21-16-4-2-1-3-15(16)13-19/h1-4,14,18H,5-13H2. The van der Waals surface area contributed by atoms with Gasteiger partial charge in [0.25, 0.3) is 0 Å². The summed E-state index contributed by atoms with van der Waals surface area (Å²) >= 11 is 0. The highest BCUT2D eigenvalue weighted by Crippen LogP contribution is 2.24. The lowest BCUT2D eigenvalue weighted by Gasteiger charge is -2.24. The third-order valence-corrected chi connectivity index (χ3v) is 4.53. The number of benzene rings is 1. The smallest absolute Gasteiger partial charge is 0.222 e. The van der Waals surface area contributed by atoms with Crippen molar-refractivity contribution in [3.05, 3.63) is 29.8 Å². The Morgan fingerprint density at radius 3 is 2.95 bits per heavy atom. The molecule has 4 nitrogen and oxygen atoms in total. The van der Waals surface area contributed by atoms with E-state index in [-0.39, 0.29) is 5.91 Å². The van der Waals surface area contributed by atoms with Crippen molar-refractivity contribution in [3.8, 4) is 5.75 Å². The van der Waals surface area contributed by atoms with Crippen LogP contribution in [0.1, 0.15) is 31.2 Å². The number of rotatable bonds is 3. The zero-order chi connectivity index (χ0) is 14.5. The second-order valence-corrected chi connectivity index (χ2v) is 6.00. The normalized spacial score (nSPS) is 19.5. The minimum Gasteiger partial charge on any atom is -0.491 e. The summed E-state index contributed by atoms with van der Waals surface area (Å²) in [6, 6.07) is 8.02. The van der Waals surface area contributed by atoms with E-state index in [4.69, 9.17) is 4.74 Å². The lowest BCUT2D eigenvalue weighted by molar-refractivity contribution is -0.132. The summed E-state index contributed by atoms with van der Waals surface area (Å²) in [5.41, 5.74) is 1.12. The molecule has 2 heterocycles. The fourth-order valence-electron chi connectivity index (χ4n) is 3.19. The molecule has 4 heteroatoms. The van der Waals surface area contributed by atoms with Crippen LogP contribution in [-0.4, -0.2) is 37.0 Å². The highest BCUT2D eigenvalue weighted by molar-refractivity contribution is 5.76. The molecule has 1 amide bonds. The number of hydrogen-bond donors (Lipinski definition) is 1. The SMILES string of the molecule is O=C(CCC1CCNCC1)N1CCOc2ccccc2C1. The molecule has 0 aliphatic carbocycles. The monoisotopic (exact) mass is 288 g/mol. The highest BCUT2D eigenvalue weighted by Gasteiger charge is 2.21. The van der Waals surface area contributed by atoms with Crippen LogP contribution in [-0.2, 0) is 11.3 Å². The first-order valence-corrected chi connectivity index (χ1v) is 8.02. The number of carbonyl (C=O) groups is 1. The number of carbonyl (C=O) groups excluding carboxylic acids is 1. The van der Waals surface area contributed by atoms with Gasteiger partial charge < -0.3 is 15.0 Å². The minimum absolute atomic E-state index is 0.272. The summed E-state index contributed by atoms with van der Waals surface area (Å²) in [7, 11) is 0. The molecule has 1 aromatic carbocycles. The molecule has 21 heavy (non-hydrogen) atoms. The molecule has 0 radical (unpaired) electrons. The van der Waals surface area contributed by atoms with Crippen LogP contribution in [0.25, 0.3) is 0 Å². The van der Waals surface area contributed by atoms with Crippen molar-refractivity contribution in [3.63, 3.8) is 0 Å². The van der Waals surface area contributed by atoms with E-state index in [1.807, 2.05) is 29.2 Å². The summed E-state index contributed by atoms with van der Waals surface area (Å²) in [5.74, 6) is 1.91. The summed E-state index contributed by atoms with van der Waals surface area (Å²) < 4.78 is 5.72. The van der Waals surface area contributed by atoms with Crippen LogP contribution in [0.4, 0.5) is 0 Å². The van der Waals surface area contributed by atoms with Gasteiger partial charge in [-0.3, -0.25) is 4.79 Å². The molecule has 0 unspecified atom stereocenters. The molecule has 2 aliphatic rings. The van der Waals surface area contributed by atoms with Gasteiger partial charge in [0.2, 0.25) is 5.91 Å². The summed E-state index contributed by atoms with van der Waals surface area (Å²) in [5, 5.41) is 3.37. The average Bonchev–Trinajstić information content (AvgIpc) is 2.76. The van der Waals surface area contributed by atoms with Crippen LogP contribution in [0, 0.1) is 5.92 Å². The van der Waals surface area contributed by atoms with E-state index in [9.17, 15) is 4.79 Å². The van der Waals surface area contributed by atoms with E-state index < -0.39 is 0 Å². The Hall–Kier alpha value is -1.55. The van der Waals surface area contributed by atoms with E-state index in [2.05, 4.69) is 5.32 Å². The molecule has 0 spiro atoms. The van der Waals surface area contributed by atoms with Gasteiger partial charge in [-0.2, -0.15) is 0 Å². The van der Waals surface area contributed by atoms with Crippen molar-refractivity contribution in [1.82, 2.24) is 10.2 Å². The summed E-state index contributed by atoms with van der Waals surface area (Å²) in [6.45, 7) is 4.17. The number of para-hydroxylation sites is 1. The lowest BCUT2D eigenvalue weighted by atomic mass is 9.93. The maximum Gasteiger partial charge on any atom is 0.222 e. The Kier molecular flexibility index (Phi) is 4.76. The molecule has 114 valence electrons. The number of piperidine rings is 1. The van der Waals surface area contributed by atoms with Gasteiger partial charge in [-0.25, -0.2) is 0 Å². The number of nitrogens with one attached hydrogen (secondary N) is 1. The molecule has 1 saturated heterocycles. The number of ether oxygens (including phenoxy) is 1. The van der Waals surface area contributed by atoms with Gasteiger partial charge in [-0.05, 0) is 44.3 Å². The van der Waals surface area contributed by atoms with Gasteiger partial charge in [0.1, 0.15) is 12.4 Å². The summed E-state index contributed by atoms with van der Waals surface area (Å²) in [4.78, 5) is 14.4. The van der Waals surface area contributed by atoms with Gasteiger partial charge in [-0.1, -0.05) is 18.2 Å². The molecule has 1 aromatic rings. The molecule has 3 rings (SSSR count). The maximum atomic E-state index is 12.5. The lowest BCUT2D eigenvalue weighted by Crippen LogP contribution is -2.33. The van der Waals surface area contributed by atoms with Crippen LogP contribution in [0.2, 0.25) is 0 Å². The highest BCUT2D eigenvalue weighted by atomic mass is 16.5.